The van der Waals surface area contributed by atoms with Gasteiger partial charge in [0.05, 0.1) is 11.0 Å². The summed E-state index contributed by atoms with van der Waals surface area (Å²) in [7, 11) is 2.18. The minimum atomic E-state index is -0.904. The standard InChI is InChI=1S/C14H9Cl2NO.C8H19N3/c15-14(16)18-13-9-5-1-3-7-11(9)17-12-8-4-2-6-10(12)13;1-10-5-7-11(8-6-10)4-2-3-9/h1-8,14H;2-9H2,1H3. The Morgan fingerprint density at radius 3 is 2.03 bits per heavy atom. The van der Waals surface area contributed by atoms with Crippen molar-refractivity contribution in [1.29, 1.82) is 0 Å². The van der Waals surface area contributed by atoms with E-state index in [2.05, 4.69) is 21.8 Å². The molecule has 0 unspecified atom stereocenters. The fourth-order valence-corrected chi connectivity index (χ4v) is 3.58. The average Bonchev–Trinajstić information content (AvgIpc) is 2.73. The zero-order valence-corrected chi connectivity index (χ0v) is 18.2. The predicted molar refractivity (Wildman–Crippen MR) is 123 cm³/mol. The number of nitrogens with zero attached hydrogens (tertiary/aromatic N) is 3. The number of halogens is 2. The van der Waals surface area contributed by atoms with Gasteiger partial charge in [-0.25, -0.2) is 4.98 Å². The zero-order valence-electron chi connectivity index (χ0n) is 16.7. The molecule has 7 heteroatoms. The molecule has 1 aliphatic heterocycles. The first-order valence-electron chi connectivity index (χ1n) is 9.91. The van der Waals surface area contributed by atoms with Gasteiger partial charge in [-0.1, -0.05) is 47.5 Å². The van der Waals surface area contributed by atoms with E-state index in [0.717, 1.165) is 34.8 Å². The van der Waals surface area contributed by atoms with Crippen LogP contribution in [0.4, 0.5) is 0 Å². The van der Waals surface area contributed by atoms with E-state index in [4.69, 9.17) is 33.7 Å². The van der Waals surface area contributed by atoms with E-state index in [1.54, 1.807) is 0 Å². The largest absolute Gasteiger partial charge is 0.459 e. The Balaban J connectivity index is 0.000000188. The number of nitrogens with two attached hydrogens (primary N) is 1. The fraction of sp³-hybridized carbons (Fsp3) is 0.409. The number of pyridine rings is 1. The molecule has 0 radical (unpaired) electrons. The van der Waals surface area contributed by atoms with Crippen LogP contribution in [0.2, 0.25) is 0 Å². The van der Waals surface area contributed by atoms with Crippen molar-refractivity contribution in [3.63, 3.8) is 0 Å². The summed E-state index contributed by atoms with van der Waals surface area (Å²) in [5.74, 6) is 0.672. The van der Waals surface area contributed by atoms with Crippen LogP contribution in [0, 0.1) is 0 Å². The topological polar surface area (TPSA) is 54.6 Å². The summed E-state index contributed by atoms with van der Waals surface area (Å²) in [5.41, 5.74) is 7.16. The lowest BCUT2D eigenvalue weighted by Crippen LogP contribution is -2.44. The minimum Gasteiger partial charge on any atom is -0.459 e. The van der Waals surface area contributed by atoms with Crippen molar-refractivity contribution in [1.82, 2.24) is 14.8 Å². The van der Waals surface area contributed by atoms with Crippen molar-refractivity contribution >= 4 is 45.0 Å². The zero-order chi connectivity index (χ0) is 20.6. The van der Waals surface area contributed by atoms with Gasteiger partial charge in [0.15, 0.2) is 0 Å². The van der Waals surface area contributed by atoms with Gasteiger partial charge < -0.3 is 20.3 Å². The molecule has 2 heterocycles. The van der Waals surface area contributed by atoms with Crippen LogP contribution >= 0.6 is 23.2 Å². The third-order valence-corrected chi connectivity index (χ3v) is 5.20. The quantitative estimate of drug-likeness (QED) is 0.483. The number of para-hydroxylation sites is 2. The number of rotatable bonds is 5. The minimum absolute atomic E-state index is 0.672. The maximum absolute atomic E-state index is 5.74. The molecule has 1 aliphatic rings. The number of ether oxygens (including phenoxy) is 1. The van der Waals surface area contributed by atoms with E-state index in [9.17, 15) is 0 Å². The van der Waals surface area contributed by atoms with E-state index in [0.29, 0.717) is 5.75 Å². The molecule has 2 N–H and O–H groups in total. The Kier molecular flexibility index (Phi) is 8.33. The number of likely N-dealkylation sites (N-methyl/N-ethyl adjacent to an activating group) is 1. The van der Waals surface area contributed by atoms with Crippen LogP contribution in [0.1, 0.15) is 6.42 Å². The van der Waals surface area contributed by atoms with Gasteiger partial charge in [0.2, 0.25) is 5.02 Å². The molecule has 1 aromatic heterocycles. The second-order valence-electron chi connectivity index (χ2n) is 7.14. The summed E-state index contributed by atoms with van der Waals surface area (Å²) in [6.07, 6.45) is 1.14. The highest BCUT2D eigenvalue weighted by atomic mass is 35.5. The highest BCUT2D eigenvalue weighted by Gasteiger charge is 2.13. The maximum Gasteiger partial charge on any atom is 0.247 e. The third kappa shape index (κ3) is 6.17. The van der Waals surface area contributed by atoms with E-state index in [-0.39, 0.29) is 0 Å². The lowest BCUT2D eigenvalue weighted by atomic mass is 10.1. The predicted octanol–water partition coefficient (Wildman–Crippen LogP) is 4.11. The van der Waals surface area contributed by atoms with Gasteiger partial charge >= 0.3 is 0 Å². The molecular weight excluding hydrogens is 407 g/mol. The van der Waals surface area contributed by atoms with Gasteiger partial charge in [0.1, 0.15) is 5.75 Å². The van der Waals surface area contributed by atoms with Gasteiger partial charge in [0.25, 0.3) is 0 Å². The molecule has 0 bridgehead atoms. The normalized spacial score (nSPS) is 15.5. The molecule has 3 aromatic rings. The smallest absolute Gasteiger partial charge is 0.247 e. The van der Waals surface area contributed by atoms with Crippen molar-refractivity contribution in [3.8, 4) is 5.75 Å². The van der Waals surface area contributed by atoms with Gasteiger partial charge in [-0.05, 0) is 50.8 Å². The van der Waals surface area contributed by atoms with Crippen LogP contribution in [-0.4, -0.2) is 66.1 Å². The van der Waals surface area contributed by atoms with Crippen molar-refractivity contribution in [2.75, 3.05) is 46.3 Å². The Hall–Kier alpha value is -1.63. The number of hydrogen-bond acceptors (Lipinski definition) is 5. The van der Waals surface area contributed by atoms with Gasteiger partial charge in [-0.2, -0.15) is 0 Å². The molecular formula is C22H28Cl2N4O. The molecule has 29 heavy (non-hydrogen) atoms. The molecule has 0 saturated carbocycles. The number of alkyl halides is 2. The number of aromatic nitrogens is 1. The van der Waals surface area contributed by atoms with E-state index >= 15 is 0 Å². The average molecular weight is 435 g/mol. The lowest BCUT2D eigenvalue weighted by Gasteiger charge is -2.32. The second-order valence-corrected chi connectivity index (χ2v) is 8.16. The first-order valence-corrected chi connectivity index (χ1v) is 10.8. The van der Waals surface area contributed by atoms with Crippen molar-refractivity contribution in [3.05, 3.63) is 48.5 Å². The van der Waals surface area contributed by atoms with Crippen molar-refractivity contribution < 1.29 is 4.74 Å². The summed E-state index contributed by atoms with van der Waals surface area (Å²) in [6, 6.07) is 15.5. The van der Waals surface area contributed by atoms with Gasteiger partial charge in [0, 0.05) is 37.0 Å². The maximum atomic E-state index is 5.74. The van der Waals surface area contributed by atoms with Gasteiger partial charge in [-0.3, -0.25) is 0 Å². The first kappa shape index (κ1) is 22.1. The van der Waals surface area contributed by atoms with Crippen LogP contribution in [0.25, 0.3) is 21.8 Å². The Morgan fingerprint density at radius 1 is 0.966 bits per heavy atom. The monoisotopic (exact) mass is 434 g/mol. The molecule has 0 aliphatic carbocycles. The van der Waals surface area contributed by atoms with Crippen molar-refractivity contribution in [2.24, 2.45) is 5.73 Å². The van der Waals surface area contributed by atoms with E-state index in [1.165, 1.54) is 32.7 Å². The van der Waals surface area contributed by atoms with E-state index in [1.807, 2.05) is 48.5 Å². The summed E-state index contributed by atoms with van der Waals surface area (Å²) in [4.78, 5) is 9.45. The molecule has 0 atom stereocenters. The molecule has 0 spiro atoms. The molecule has 5 nitrogen and oxygen atoms in total. The molecule has 1 saturated heterocycles. The van der Waals surface area contributed by atoms with Crippen molar-refractivity contribution in [2.45, 2.75) is 11.4 Å². The van der Waals surface area contributed by atoms with Gasteiger partial charge in [-0.15, -0.1) is 0 Å². The number of fused-ring (bicyclic) bond motifs is 2. The SMILES string of the molecule is CN1CCN(CCCN)CC1.ClC(Cl)Oc1c2ccccc2nc2ccccc12. The molecule has 156 valence electrons. The Morgan fingerprint density at radius 2 is 1.52 bits per heavy atom. The van der Waals surface area contributed by atoms with Crippen LogP contribution in [0.5, 0.6) is 5.75 Å². The van der Waals surface area contributed by atoms with Crippen LogP contribution in [0.3, 0.4) is 0 Å². The van der Waals surface area contributed by atoms with Crippen LogP contribution in [-0.2, 0) is 0 Å². The fourth-order valence-electron chi connectivity index (χ4n) is 3.40. The Bertz CT molecular complexity index is 857. The summed E-state index contributed by atoms with van der Waals surface area (Å²) >= 11 is 11.5. The Labute approximate surface area is 182 Å². The van der Waals surface area contributed by atoms with Crippen LogP contribution < -0.4 is 10.5 Å². The summed E-state index contributed by atoms with van der Waals surface area (Å²) in [5, 5.41) is 0.907. The van der Waals surface area contributed by atoms with Crippen LogP contribution in [0.15, 0.2) is 48.5 Å². The highest BCUT2D eigenvalue weighted by molar-refractivity contribution is 6.43. The van der Waals surface area contributed by atoms with E-state index < -0.39 is 5.02 Å². The summed E-state index contributed by atoms with van der Waals surface area (Å²) in [6.45, 7) is 6.87. The number of hydrogen-bond donors (Lipinski definition) is 1. The highest BCUT2D eigenvalue weighted by Crippen LogP contribution is 2.34. The number of piperazine rings is 1. The molecule has 2 aromatic carbocycles. The molecule has 4 rings (SSSR count). The molecule has 1 fully saturated rings. The number of benzene rings is 2. The first-order chi connectivity index (χ1) is 14.1. The molecule has 0 amide bonds. The summed E-state index contributed by atoms with van der Waals surface area (Å²) < 4.78 is 5.53. The second kappa shape index (κ2) is 11.0. The third-order valence-electron chi connectivity index (χ3n) is 5.02. The lowest BCUT2D eigenvalue weighted by molar-refractivity contribution is 0.153.